The maximum atomic E-state index is 12.0. The van der Waals surface area contributed by atoms with Crippen LogP contribution in [-0.4, -0.2) is 5.78 Å². The summed E-state index contributed by atoms with van der Waals surface area (Å²) in [4.78, 5) is 12.0. The average molecular weight is 368 g/mol. The van der Waals surface area contributed by atoms with E-state index in [1.807, 2.05) is 56.5 Å². The fraction of sp³-hybridized carbons (Fsp3) is 0.263. The first kappa shape index (κ1) is 30.5. The summed E-state index contributed by atoms with van der Waals surface area (Å²) in [6.07, 6.45) is 9.70. The van der Waals surface area contributed by atoms with E-state index < -0.39 is 0 Å². The Morgan fingerprint density at radius 3 is 1.96 bits per heavy atom. The molecule has 24 heavy (non-hydrogen) atoms. The van der Waals surface area contributed by atoms with Crippen LogP contribution in [0.25, 0.3) is 0 Å². The van der Waals surface area contributed by atoms with Crippen molar-refractivity contribution in [3.8, 4) is 0 Å². The number of carbonyl (C=O) groups excluding carboxylic acids is 1. The quantitative estimate of drug-likeness (QED) is 0.225. The Morgan fingerprint density at radius 2 is 1.54 bits per heavy atom. The van der Waals surface area contributed by atoms with Gasteiger partial charge in [-0.05, 0) is 31.6 Å². The maximum absolute atomic E-state index is 12.0. The Balaban J connectivity index is -0.000000256. The summed E-state index contributed by atoms with van der Waals surface area (Å²) in [5.74, 6) is 0.557. The summed E-state index contributed by atoms with van der Waals surface area (Å²) in [6, 6.07) is 9.50. The molecule has 0 saturated heterocycles. The molecule has 5 heteroatoms. The summed E-state index contributed by atoms with van der Waals surface area (Å²) in [5.41, 5.74) is 0.811. The second kappa shape index (κ2) is 26.5. The number of unbranched alkanes of at least 4 members (excludes halogenated alkanes) is 2. The van der Waals surface area contributed by atoms with Gasteiger partial charge in [-0.25, -0.2) is 0 Å². The van der Waals surface area contributed by atoms with Crippen molar-refractivity contribution in [2.75, 3.05) is 0 Å². The Labute approximate surface area is 156 Å². The minimum atomic E-state index is 0. The molecular formula is C19H20FeO4. The van der Waals surface area contributed by atoms with E-state index in [4.69, 9.17) is 14.0 Å². The predicted octanol–water partition coefficient (Wildman–Crippen LogP) is 4.01. The van der Waals surface area contributed by atoms with Crippen molar-refractivity contribution in [1.29, 1.82) is 0 Å². The van der Waals surface area contributed by atoms with Crippen molar-refractivity contribution in [2.24, 2.45) is 5.92 Å². The summed E-state index contributed by atoms with van der Waals surface area (Å²) >= 11 is 0. The molecule has 1 atom stereocenters. The van der Waals surface area contributed by atoms with Crippen molar-refractivity contribution in [1.82, 2.24) is 0 Å². The predicted molar refractivity (Wildman–Crippen MR) is 83.8 cm³/mol. The zero-order valence-corrected chi connectivity index (χ0v) is 14.8. The third-order valence-electron chi connectivity index (χ3n) is 2.75. The van der Waals surface area contributed by atoms with Gasteiger partial charge in [0.05, 0.1) is 0 Å². The molecule has 4 radical (unpaired) electrons. The van der Waals surface area contributed by atoms with Crippen molar-refractivity contribution < 1.29 is 35.8 Å². The van der Waals surface area contributed by atoms with Gasteiger partial charge in [-0.2, -0.15) is 0 Å². The number of benzene rings is 1. The van der Waals surface area contributed by atoms with Crippen LogP contribution in [0.3, 0.4) is 0 Å². The first-order valence-corrected chi connectivity index (χ1v) is 6.77. The second-order valence-electron chi connectivity index (χ2n) is 4.07. The molecule has 1 aromatic rings. The SMILES string of the molecule is C[CH][CH][CH][CH][C@H](CC)CC(=O)c1ccccc1.[C-]#[O+].[C-]#[O+].[C-]#[O+].[Fe]. The zero-order chi connectivity index (χ0) is 18.5. The second-order valence-corrected chi connectivity index (χ2v) is 4.07. The topological polar surface area (TPSA) is 76.8 Å². The van der Waals surface area contributed by atoms with Crippen LogP contribution in [0, 0.1) is 51.6 Å². The van der Waals surface area contributed by atoms with Gasteiger partial charge in [-0.15, -0.1) is 0 Å². The number of hydrogen-bond donors (Lipinski definition) is 0. The number of rotatable bonds is 8. The van der Waals surface area contributed by atoms with Crippen LogP contribution in [0.1, 0.15) is 37.0 Å². The van der Waals surface area contributed by atoms with Crippen LogP contribution in [-0.2, 0) is 31.0 Å². The first-order valence-electron chi connectivity index (χ1n) is 6.77. The molecule has 0 N–H and O–H groups in total. The van der Waals surface area contributed by atoms with E-state index in [0.717, 1.165) is 12.0 Å². The molecule has 0 fully saturated rings. The van der Waals surface area contributed by atoms with Crippen molar-refractivity contribution >= 4 is 5.78 Å². The molecule has 1 rings (SSSR count). The summed E-state index contributed by atoms with van der Waals surface area (Å²) < 4.78 is 22.5. The van der Waals surface area contributed by atoms with Gasteiger partial charge in [-0.1, -0.05) is 50.6 Å². The minimum Gasteiger partial charge on any atom is 0 e. The standard InChI is InChI=1S/C16H20O.3CO.Fe/c1-3-5-7-10-14(4-2)13-16(17)15-11-8-6-9-12-15;3*1-2;/h3,5-12,14H,4,13H2,1-2H3;;;;/t14-;;;;/m0..../s1. The van der Waals surface area contributed by atoms with Crippen LogP contribution in [0.2, 0.25) is 0 Å². The molecule has 1 aromatic carbocycles. The molecule has 0 aromatic heterocycles. The van der Waals surface area contributed by atoms with E-state index in [1.54, 1.807) is 0 Å². The van der Waals surface area contributed by atoms with Crippen molar-refractivity contribution in [3.63, 3.8) is 0 Å². The van der Waals surface area contributed by atoms with Gasteiger partial charge in [0.2, 0.25) is 0 Å². The van der Waals surface area contributed by atoms with Crippen LogP contribution in [0.5, 0.6) is 0 Å². The Kier molecular flexibility index (Phi) is 33.7. The van der Waals surface area contributed by atoms with E-state index in [0.29, 0.717) is 12.3 Å². The summed E-state index contributed by atoms with van der Waals surface area (Å²) in [6.45, 7) is 17.6. The monoisotopic (exact) mass is 368 g/mol. The smallest absolute Gasteiger partial charge is 0 e. The number of ketones is 1. The van der Waals surface area contributed by atoms with Gasteiger partial charge in [0.25, 0.3) is 0 Å². The van der Waals surface area contributed by atoms with Crippen LogP contribution in [0.4, 0.5) is 0 Å². The van der Waals surface area contributed by atoms with Crippen molar-refractivity contribution in [3.05, 3.63) is 81.5 Å². The molecule has 0 aliphatic carbocycles. The van der Waals surface area contributed by atoms with Gasteiger partial charge < -0.3 is 0 Å². The molecule has 4 nitrogen and oxygen atoms in total. The zero-order valence-electron chi connectivity index (χ0n) is 13.7. The van der Waals surface area contributed by atoms with Gasteiger partial charge in [0, 0.05) is 29.1 Å². The van der Waals surface area contributed by atoms with Gasteiger partial charge >= 0.3 is 33.9 Å². The molecule has 0 bridgehead atoms. The van der Waals surface area contributed by atoms with Gasteiger partial charge in [0.1, 0.15) is 0 Å². The molecule has 0 unspecified atom stereocenters. The van der Waals surface area contributed by atoms with Crippen LogP contribution >= 0.6 is 0 Å². The minimum absolute atomic E-state index is 0. The van der Waals surface area contributed by atoms with E-state index >= 15 is 0 Å². The molecule has 128 valence electrons. The Bertz CT molecular complexity index is 423. The molecule has 0 amide bonds. The molecule has 0 saturated carbocycles. The van der Waals surface area contributed by atoms with E-state index in [-0.39, 0.29) is 22.9 Å². The van der Waals surface area contributed by atoms with E-state index in [1.165, 1.54) is 0 Å². The van der Waals surface area contributed by atoms with Gasteiger partial charge in [-0.3, -0.25) is 4.79 Å². The fourth-order valence-electron chi connectivity index (χ4n) is 1.66. The fourth-order valence-corrected chi connectivity index (χ4v) is 1.66. The average Bonchev–Trinajstić information content (AvgIpc) is 2.66. The number of carbonyl (C=O) groups is 1. The summed E-state index contributed by atoms with van der Waals surface area (Å²) in [5, 5.41) is 0. The largest absolute Gasteiger partial charge is 0 e. The van der Waals surface area contributed by atoms with Crippen molar-refractivity contribution in [2.45, 2.75) is 26.7 Å². The molecule has 0 heterocycles. The first-order chi connectivity index (χ1) is 11.3. The van der Waals surface area contributed by atoms with Gasteiger partial charge in [0.15, 0.2) is 5.78 Å². The molecule has 0 spiro atoms. The molecule has 0 aliphatic rings. The van der Waals surface area contributed by atoms with Crippen LogP contribution < -0.4 is 0 Å². The molecular weight excluding hydrogens is 348 g/mol. The summed E-state index contributed by atoms with van der Waals surface area (Å²) in [7, 11) is 0. The number of Topliss-reactive ketones (excluding diaryl/α,β-unsaturated/α-hetero) is 1. The van der Waals surface area contributed by atoms with E-state index in [9.17, 15) is 4.79 Å². The number of hydrogen-bond acceptors (Lipinski definition) is 1. The normalized spacial score (nSPS) is 9.00. The third-order valence-corrected chi connectivity index (χ3v) is 2.75. The van der Waals surface area contributed by atoms with E-state index in [2.05, 4.69) is 33.3 Å². The Morgan fingerprint density at radius 1 is 1.04 bits per heavy atom. The van der Waals surface area contributed by atoms with Crippen LogP contribution in [0.15, 0.2) is 30.3 Å². The third kappa shape index (κ3) is 17.0. The maximum Gasteiger partial charge on any atom is 0 e. The Hall–Kier alpha value is -1.37. The molecule has 0 aliphatic heterocycles.